The zero-order valence-corrected chi connectivity index (χ0v) is 14.4. The Morgan fingerprint density at radius 3 is 2.60 bits per heavy atom. The van der Waals surface area contributed by atoms with E-state index in [4.69, 9.17) is 9.47 Å². The highest BCUT2D eigenvalue weighted by atomic mass is 16.7. The van der Waals surface area contributed by atoms with Gasteiger partial charge in [0, 0.05) is 36.8 Å². The fourth-order valence-corrected chi connectivity index (χ4v) is 3.77. The molecule has 0 saturated carbocycles. The number of rotatable bonds is 3. The molecule has 2 aromatic carbocycles. The Balaban J connectivity index is 1.98. The van der Waals surface area contributed by atoms with Crippen LogP contribution in [0.25, 0.3) is 10.9 Å². The van der Waals surface area contributed by atoms with E-state index in [9.17, 15) is 4.79 Å². The lowest BCUT2D eigenvalue weighted by Crippen LogP contribution is -2.30. The van der Waals surface area contributed by atoms with E-state index in [1.807, 2.05) is 43.3 Å². The lowest BCUT2D eigenvalue weighted by atomic mass is 9.86. The maximum atomic E-state index is 12.3. The SMILES string of the molecule is CCOC1CC(c2ccccc2)c2c(n(C(C)=O)c3ccccc23)O1. The molecule has 4 rings (SSSR count). The number of hydrogen-bond donors (Lipinski definition) is 0. The van der Waals surface area contributed by atoms with E-state index in [0.29, 0.717) is 12.5 Å². The molecule has 0 fully saturated rings. The van der Waals surface area contributed by atoms with Crippen LogP contribution in [0.5, 0.6) is 5.88 Å². The molecule has 0 saturated heterocycles. The fourth-order valence-electron chi connectivity index (χ4n) is 3.77. The van der Waals surface area contributed by atoms with E-state index in [1.54, 1.807) is 11.5 Å². The Morgan fingerprint density at radius 2 is 1.88 bits per heavy atom. The smallest absolute Gasteiger partial charge is 0.230 e. The molecule has 1 aromatic heterocycles. The lowest BCUT2D eigenvalue weighted by Gasteiger charge is -2.31. The second-order valence-electron chi connectivity index (χ2n) is 6.29. The van der Waals surface area contributed by atoms with Crippen molar-refractivity contribution in [1.29, 1.82) is 0 Å². The summed E-state index contributed by atoms with van der Waals surface area (Å²) in [6.07, 6.45) is 0.377. The van der Waals surface area contributed by atoms with Gasteiger partial charge in [0.1, 0.15) is 0 Å². The minimum absolute atomic E-state index is 0.0542. The molecule has 0 amide bonds. The van der Waals surface area contributed by atoms with Crippen molar-refractivity contribution in [3.63, 3.8) is 0 Å². The van der Waals surface area contributed by atoms with E-state index < -0.39 is 0 Å². The molecule has 4 nitrogen and oxygen atoms in total. The Hall–Kier alpha value is -2.59. The zero-order chi connectivity index (χ0) is 17.4. The van der Waals surface area contributed by atoms with Crippen LogP contribution in [0, 0.1) is 0 Å². The molecule has 1 aliphatic heterocycles. The first kappa shape index (κ1) is 15.9. The number of carbonyl (C=O) groups is 1. The predicted octanol–water partition coefficient (Wildman–Crippen LogP) is 4.58. The van der Waals surface area contributed by atoms with Gasteiger partial charge in [-0.05, 0) is 18.6 Å². The normalized spacial score (nSPS) is 19.4. The van der Waals surface area contributed by atoms with Gasteiger partial charge < -0.3 is 9.47 Å². The number of benzene rings is 2. The molecule has 0 radical (unpaired) electrons. The van der Waals surface area contributed by atoms with Crippen molar-refractivity contribution in [2.75, 3.05) is 6.61 Å². The van der Waals surface area contributed by atoms with Crippen LogP contribution < -0.4 is 4.74 Å². The van der Waals surface area contributed by atoms with Gasteiger partial charge >= 0.3 is 0 Å². The highest BCUT2D eigenvalue weighted by molar-refractivity contribution is 5.97. The second kappa shape index (κ2) is 6.37. The van der Waals surface area contributed by atoms with Gasteiger partial charge in [-0.2, -0.15) is 0 Å². The number of nitrogens with zero attached hydrogens (tertiary/aromatic N) is 1. The van der Waals surface area contributed by atoms with Crippen LogP contribution >= 0.6 is 0 Å². The Morgan fingerprint density at radius 1 is 1.16 bits per heavy atom. The Bertz CT molecular complexity index is 914. The molecule has 25 heavy (non-hydrogen) atoms. The first-order valence-corrected chi connectivity index (χ1v) is 8.68. The minimum Gasteiger partial charge on any atom is -0.449 e. The summed E-state index contributed by atoms with van der Waals surface area (Å²) in [6.45, 7) is 4.09. The van der Waals surface area contributed by atoms with Crippen LogP contribution in [0.1, 0.15) is 42.1 Å². The number of hydrogen-bond acceptors (Lipinski definition) is 3. The van der Waals surface area contributed by atoms with Crippen LogP contribution in [0.4, 0.5) is 0 Å². The summed E-state index contributed by atoms with van der Waals surface area (Å²) in [5.74, 6) is 0.695. The first-order valence-electron chi connectivity index (χ1n) is 8.68. The van der Waals surface area contributed by atoms with Gasteiger partial charge in [0.25, 0.3) is 0 Å². The average Bonchev–Trinajstić information content (AvgIpc) is 2.96. The molecule has 2 atom stereocenters. The summed E-state index contributed by atoms with van der Waals surface area (Å²) in [6, 6.07) is 18.3. The van der Waals surface area contributed by atoms with Crippen molar-refractivity contribution in [2.45, 2.75) is 32.5 Å². The van der Waals surface area contributed by atoms with Crippen LogP contribution in [-0.4, -0.2) is 23.4 Å². The molecule has 4 heteroatoms. The minimum atomic E-state index is -0.356. The van der Waals surface area contributed by atoms with Crippen molar-refractivity contribution in [3.8, 4) is 5.88 Å². The Kier molecular flexibility index (Phi) is 4.06. The predicted molar refractivity (Wildman–Crippen MR) is 97.2 cm³/mol. The van der Waals surface area contributed by atoms with Crippen molar-refractivity contribution in [1.82, 2.24) is 4.57 Å². The van der Waals surface area contributed by atoms with Gasteiger partial charge in [-0.1, -0.05) is 48.5 Å². The van der Waals surface area contributed by atoms with E-state index in [0.717, 1.165) is 22.9 Å². The molecule has 0 N–H and O–H groups in total. The zero-order valence-electron chi connectivity index (χ0n) is 14.4. The van der Waals surface area contributed by atoms with Gasteiger partial charge in [-0.15, -0.1) is 0 Å². The highest BCUT2D eigenvalue weighted by Gasteiger charge is 2.35. The summed E-state index contributed by atoms with van der Waals surface area (Å²) in [7, 11) is 0. The topological polar surface area (TPSA) is 40.5 Å². The number of carbonyl (C=O) groups excluding carboxylic acids is 1. The highest BCUT2D eigenvalue weighted by Crippen LogP contribution is 2.46. The van der Waals surface area contributed by atoms with Gasteiger partial charge in [0.2, 0.25) is 18.1 Å². The summed E-state index contributed by atoms with van der Waals surface area (Å²) < 4.78 is 13.6. The summed E-state index contributed by atoms with van der Waals surface area (Å²) in [5, 5.41) is 1.07. The molecular weight excluding hydrogens is 314 g/mol. The number of aromatic nitrogens is 1. The van der Waals surface area contributed by atoms with Gasteiger partial charge in [-0.3, -0.25) is 9.36 Å². The number of ether oxygens (including phenoxy) is 2. The largest absolute Gasteiger partial charge is 0.449 e. The molecule has 2 heterocycles. The van der Waals surface area contributed by atoms with Gasteiger partial charge in [0.15, 0.2) is 0 Å². The summed E-state index contributed by atoms with van der Waals surface area (Å²) in [4.78, 5) is 12.3. The number of para-hydroxylation sites is 1. The quantitative estimate of drug-likeness (QED) is 0.703. The average molecular weight is 335 g/mol. The molecule has 0 spiro atoms. The van der Waals surface area contributed by atoms with E-state index in [1.165, 1.54) is 5.56 Å². The standard InChI is InChI=1S/C21H21NO3/c1-3-24-19-13-17(15-9-5-4-6-10-15)20-16-11-7-8-12-18(16)22(14(2)23)21(20)25-19/h4-12,17,19H,3,13H2,1-2H3. The van der Waals surface area contributed by atoms with E-state index in [-0.39, 0.29) is 18.1 Å². The molecule has 0 aliphatic carbocycles. The van der Waals surface area contributed by atoms with Gasteiger partial charge in [0.05, 0.1) is 5.52 Å². The van der Waals surface area contributed by atoms with Crippen LogP contribution in [0.2, 0.25) is 0 Å². The third-order valence-corrected chi connectivity index (χ3v) is 4.76. The van der Waals surface area contributed by atoms with Crippen molar-refractivity contribution in [3.05, 3.63) is 65.7 Å². The molecule has 1 aliphatic rings. The molecule has 0 bridgehead atoms. The van der Waals surface area contributed by atoms with Crippen molar-refractivity contribution < 1.29 is 14.3 Å². The fraction of sp³-hybridized carbons (Fsp3) is 0.286. The first-order chi connectivity index (χ1) is 12.2. The summed E-state index contributed by atoms with van der Waals surface area (Å²) in [5.41, 5.74) is 3.18. The van der Waals surface area contributed by atoms with Crippen LogP contribution in [0.15, 0.2) is 54.6 Å². The Labute approximate surface area is 147 Å². The van der Waals surface area contributed by atoms with E-state index in [2.05, 4.69) is 18.2 Å². The molecule has 3 aromatic rings. The van der Waals surface area contributed by atoms with Crippen LogP contribution in [-0.2, 0) is 4.74 Å². The summed E-state index contributed by atoms with van der Waals surface area (Å²) >= 11 is 0. The van der Waals surface area contributed by atoms with Crippen molar-refractivity contribution in [2.24, 2.45) is 0 Å². The lowest BCUT2D eigenvalue weighted by molar-refractivity contribution is -0.0922. The second-order valence-corrected chi connectivity index (χ2v) is 6.29. The van der Waals surface area contributed by atoms with Gasteiger partial charge in [-0.25, -0.2) is 0 Å². The van der Waals surface area contributed by atoms with Crippen LogP contribution in [0.3, 0.4) is 0 Å². The molecule has 128 valence electrons. The maximum Gasteiger partial charge on any atom is 0.230 e. The molecule has 2 unspecified atom stereocenters. The molecular formula is C21H21NO3. The third-order valence-electron chi connectivity index (χ3n) is 4.76. The van der Waals surface area contributed by atoms with E-state index >= 15 is 0 Å². The number of fused-ring (bicyclic) bond motifs is 3. The monoisotopic (exact) mass is 335 g/mol. The maximum absolute atomic E-state index is 12.3. The van der Waals surface area contributed by atoms with Crippen molar-refractivity contribution >= 4 is 16.8 Å². The third kappa shape index (κ3) is 2.63.